The van der Waals surface area contributed by atoms with E-state index in [2.05, 4.69) is 4.98 Å². The van der Waals surface area contributed by atoms with Gasteiger partial charge >= 0.3 is 11.9 Å². The summed E-state index contributed by atoms with van der Waals surface area (Å²) in [6.45, 7) is 8.75. The van der Waals surface area contributed by atoms with Crippen LogP contribution in [0.3, 0.4) is 0 Å². The third kappa shape index (κ3) is 8.60. The number of carbonyl (C=O) groups is 4. The number of amides is 2. The number of pyridine rings is 1. The summed E-state index contributed by atoms with van der Waals surface area (Å²) < 4.78 is 23.9. The summed E-state index contributed by atoms with van der Waals surface area (Å²) in [7, 11) is 4.44. The number of allylic oxidation sites excluding steroid dienone is 3. The van der Waals surface area contributed by atoms with Crippen LogP contribution in [-0.4, -0.2) is 107 Å². The number of aromatic nitrogens is 1. The van der Waals surface area contributed by atoms with Crippen LogP contribution in [0.5, 0.6) is 0 Å². The second kappa shape index (κ2) is 16.8. The van der Waals surface area contributed by atoms with E-state index < -0.39 is 76.3 Å². The Kier molecular flexibility index (Phi) is 12.3. The second-order valence-corrected chi connectivity index (χ2v) is 16.4. The summed E-state index contributed by atoms with van der Waals surface area (Å²) in [4.78, 5) is 73.0. The van der Waals surface area contributed by atoms with Gasteiger partial charge in [-0.25, -0.2) is 9.78 Å². The third-order valence-electron chi connectivity index (χ3n) is 11.9. The maximum Gasteiger partial charge on any atom is 0.328 e. The van der Waals surface area contributed by atoms with Crippen LogP contribution in [0.25, 0.3) is 10.9 Å². The second-order valence-electron chi connectivity index (χ2n) is 16.0. The lowest BCUT2D eigenvalue weighted by Gasteiger charge is -2.41. The van der Waals surface area contributed by atoms with Crippen molar-refractivity contribution in [1.29, 1.82) is 0 Å². The number of methoxy groups -OCH3 is 1. The normalized spacial score (nSPS) is 29.4. The number of hydrogen-bond acceptors (Lipinski definition) is 12. The summed E-state index contributed by atoms with van der Waals surface area (Å²) >= 11 is 6.80. The molecule has 59 heavy (non-hydrogen) atoms. The van der Waals surface area contributed by atoms with E-state index in [9.17, 15) is 34.4 Å². The average Bonchev–Trinajstić information content (AvgIpc) is 3.89. The standard InChI is InChI=1S/C43H49ClN4O11/c1-23-11-9-13-33(56-8)43(53)21-32(57-36(50)22-43)25(3)39-42(5,59-39)34(20-35(49)47(7)31-19-27(17-23)18-24(2)37(31)44)58-41(52)26(4)46(6)40(51)29-14-15-30(48(54)55)38-28(29)12-10-16-45-38/h9-16,18-19,25-26,32-34,39,53H,17,20-22H2,1-8H3/b13-9+,23-11+/t25-,26+,32+,33-,34+,39+,42+,43-/m1/s1. The van der Waals surface area contributed by atoms with Crippen LogP contribution < -0.4 is 4.90 Å². The molecule has 2 fully saturated rings. The summed E-state index contributed by atoms with van der Waals surface area (Å²) in [5.74, 6) is -3.07. The molecule has 0 unspecified atom stereocenters. The van der Waals surface area contributed by atoms with Gasteiger partial charge in [0.25, 0.3) is 11.6 Å². The highest BCUT2D eigenvalue weighted by molar-refractivity contribution is 6.34. The fourth-order valence-corrected chi connectivity index (χ4v) is 8.39. The molecule has 2 aromatic carbocycles. The zero-order valence-electron chi connectivity index (χ0n) is 34.3. The van der Waals surface area contributed by atoms with Crippen molar-refractivity contribution in [2.45, 2.75) is 102 Å². The van der Waals surface area contributed by atoms with E-state index in [1.165, 1.54) is 50.4 Å². The Hall–Kier alpha value is -5.22. The number of rotatable bonds is 6. The van der Waals surface area contributed by atoms with Crippen LogP contribution in [0, 0.1) is 23.0 Å². The van der Waals surface area contributed by atoms with E-state index in [0.717, 1.165) is 21.6 Å². The number of benzene rings is 2. The van der Waals surface area contributed by atoms with Crippen LogP contribution in [0.1, 0.15) is 68.4 Å². The number of epoxide rings is 1. The zero-order chi connectivity index (χ0) is 43.1. The van der Waals surface area contributed by atoms with Gasteiger partial charge in [0, 0.05) is 56.8 Å². The number of nitro groups is 1. The van der Waals surface area contributed by atoms with E-state index in [0.29, 0.717) is 17.1 Å². The molecule has 3 aliphatic rings. The molecule has 3 aromatic rings. The molecule has 15 nitrogen and oxygen atoms in total. The van der Waals surface area contributed by atoms with Crippen molar-refractivity contribution < 1.29 is 48.2 Å². The molecule has 8 atom stereocenters. The van der Waals surface area contributed by atoms with E-state index in [1.807, 2.05) is 32.1 Å². The lowest BCUT2D eigenvalue weighted by Crippen LogP contribution is -2.53. The molecule has 0 saturated carbocycles. The molecular weight excluding hydrogens is 784 g/mol. The van der Waals surface area contributed by atoms with Gasteiger partial charge in [0.05, 0.1) is 34.6 Å². The van der Waals surface area contributed by atoms with Gasteiger partial charge in [0.1, 0.15) is 41.1 Å². The molecule has 6 rings (SSSR count). The molecule has 0 spiro atoms. The predicted octanol–water partition coefficient (Wildman–Crippen LogP) is 5.83. The van der Waals surface area contributed by atoms with Gasteiger partial charge in [-0.2, -0.15) is 0 Å². The Morgan fingerprint density at radius 2 is 1.93 bits per heavy atom. The Bertz CT molecular complexity index is 2260. The predicted molar refractivity (Wildman–Crippen MR) is 218 cm³/mol. The van der Waals surface area contributed by atoms with Crippen molar-refractivity contribution in [2.24, 2.45) is 5.92 Å². The highest BCUT2D eigenvalue weighted by Gasteiger charge is 2.64. The maximum atomic E-state index is 14.3. The smallest absolute Gasteiger partial charge is 0.328 e. The van der Waals surface area contributed by atoms with E-state index in [4.69, 9.17) is 30.5 Å². The van der Waals surface area contributed by atoms with E-state index in [-0.39, 0.29) is 41.4 Å². The number of ether oxygens (including phenoxy) is 4. The minimum Gasteiger partial charge on any atom is -0.462 e. The fraction of sp³-hybridized carbons (Fsp3) is 0.465. The van der Waals surface area contributed by atoms with Crippen LogP contribution in [-0.2, 0) is 39.8 Å². The molecule has 4 heterocycles. The molecule has 1 aromatic heterocycles. The fourth-order valence-electron chi connectivity index (χ4n) is 8.15. The Labute approximate surface area is 347 Å². The highest BCUT2D eigenvalue weighted by Crippen LogP contribution is 2.50. The maximum absolute atomic E-state index is 14.3. The highest BCUT2D eigenvalue weighted by atomic mass is 35.5. The van der Waals surface area contributed by atoms with E-state index in [1.54, 1.807) is 39.1 Å². The molecule has 3 aliphatic heterocycles. The molecule has 2 amide bonds. The largest absolute Gasteiger partial charge is 0.462 e. The summed E-state index contributed by atoms with van der Waals surface area (Å²) in [6, 6.07) is 8.16. The Balaban J connectivity index is 1.34. The van der Waals surface area contributed by atoms with Gasteiger partial charge in [-0.05, 0) is 63.4 Å². The molecule has 16 heteroatoms. The summed E-state index contributed by atoms with van der Waals surface area (Å²) in [6.07, 6.45) is 3.05. The van der Waals surface area contributed by atoms with Crippen molar-refractivity contribution in [3.8, 4) is 0 Å². The first kappa shape index (κ1) is 43.4. The van der Waals surface area contributed by atoms with Gasteiger partial charge in [-0.3, -0.25) is 24.5 Å². The van der Waals surface area contributed by atoms with Crippen LogP contribution in [0.4, 0.5) is 11.4 Å². The number of likely N-dealkylation sites (N-methyl/N-ethyl adjacent to an activating group) is 1. The number of fused-ring (bicyclic) bond motifs is 6. The molecule has 1 N–H and O–H groups in total. The zero-order valence-corrected chi connectivity index (χ0v) is 35.0. The third-order valence-corrected chi connectivity index (χ3v) is 12.4. The monoisotopic (exact) mass is 832 g/mol. The molecule has 0 radical (unpaired) electrons. The van der Waals surface area contributed by atoms with Crippen molar-refractivity contribution in [2.75, 3.05) is 26.1 Å². The Morgan fingerprint density at radius 1 is 1.20 bits per heavy atom. The van der Waals surface area contributed by atoms with Gasteiger partial charge in [-0.1, -0.05) is 54.5 Å². The molecule has 4 bridgehead atoms. The van der Waals surface area contributed by atoms with Crippen LogP contribution in [0.2, 0.25) is 5.02 Å². The minimum absolute atomic E-state index is 0.0186. The van der Waals surface area contributed by atoms with Gasteiger partial charge in [0.2, 0.25) is 5.91 Å². The number of hydrogen-bond donors (Lipinski definition) is 1. The SMILES string of the molecule is CO[C@@H]1/C=C/C=C(\C)Cc2cc(C)c(Cl)c(c2)N(C)C(=O)C[C@H](OC(=O)[C@H](C)N(C)C(=O)c2ccc([N+](=O)[O-])c3ncccc23)[C@]2(C)O[C@H]2[C@H](C)[C@@H]2C[C@@]1(O)CC(=O)O2. The number of non-ortho nitro benzene ring substituents is 1. The van der Waals surface area contributed by atoms with Crippen molar-refractivity contribution in [1.82, 2.24) is 9.88 Å². The van der Waals surface area contributed by atoms with Crippen molar-refractivity contribution in [3.63, 3.8) is 0 Å². The number of halogens is 1. The number of carbonyl (C=O) groups excluding carboxylic acids is 4. The quantitative estimate of drug-likeness (QED) is 0.135. The molecule has 314 valence electrons. The summed E-state index contributed by atoms with van der Waals surface area (Å²) in [5.41, 5.74) is -0.00600. The van der Waals surface area contributed by atoms with E-state index >= 15 is 0 Å². The van der Waals surface area contributed by atoms with Crippen LogP contribution >= 0.6 is 11.6 Å². The molecule has 0 aliphatic carbocycles. The lowest BCUT2D eigenvalue weighted by molar-refractivity contribution is -0.383. The van der Waals surface area contributed by atoms with Crippen molar-refractivity contribution in [3.05, 3.63) is 98.2 Å². The molecule has 2 saturated heterocycles. The van der Waals surface area contributed by atoms with Crippen molar-refractivity contribution >= 4 is 57.6 Å². The van der Waals surface area contributed by atoms with Gasteiger partial charge in [-0.15, -0.1) is 0 Å². The number of nitro benzene ring substituents is 1. The first-order chi connectivity index (χ1) is 27.8. The first-order valence-electron chi connectivity index (χ1n) is 19.3. The minimum atomic E-state index is -1.61. The van der Waals surface area contributed by atoms with Gasteiger partial charge < -0.3 is 33.9 Å². The first-order valence-corrected chi connectivity index (χ1v) is 19.7. The summed E-state index contributed by atoms with van der Waals surface area (Å²) in [5, 5.41) is 24.2. The topological polar surface area (TPSA) is 191 Å². The number of anilines is 1. The number of nitrogens with zero attached hydrogens (tertiary/aromatic N) is 4. The lowest BCUT2D eigenvalue weighted by atomic mass is 9.78. The number of aliphatic hydroxyl groups is 1. The molecular formula is C43H49ClN4O11. The Morgan fingerprint density at radius 3 is 2.63 bits per heavy atom. The van der Waals surface area contributed by atoms with Gasteiger partial charge in [0.15, 0.2) is 0 Å². The van der Waals surface area contributed by atoms with Crippen LogP contribution in [0.15, 0.2) is 66.4 Å². The number of aryl methyl sites for hydroxylation is 1. The number of esters is 2. The average molecular weight is 833 g/mol.